The van der Waals surface area contributed by atoms with E-state index in [4.69, 9.17) is 0 Å². The van der Waals surface area contributed by atoms with Gasteiger partial charge in [0.2, 0.25) is 0 Å². The van der Waals surface area contributed by atoms with Gasteiger partial charge in [-0.1, -0.05) is 11.3 Å². The first-order valence-corrected chi connectivity index (χ1v) is 8.65. The van der Waals surface area contributed by atoms with Crippen LogP contribution < -0.4 is 9.60 Å². The molecule has 1 aliphatic rings. The Bertz CT molecular complexity index is 569. The summed E-state index contributed by atoms with van der Waals surface area (Å²) in [4.78, 5) is 13.2. The van der Waals surface area contributed by atoms with Crippen molar-refractivity contribution in [2.24, 2.45) is 0 Å². The number of thioether (sulfide) groups is 1. The largest absolute Gasteiger partial charge is 0.315 e. The van der Waals surface area contributed by atoms with Gasteiger partial charge in [0.15, 0.2) is 4.21 Å². The molecule has 1 saturated carbocycles. The van der Waals surface area contributed by atoms with Gasteiger partial charge < -0.3 is 4.98 Å². The molecule has 1 aromatic rings. The quantitative estimate of drug-likeness (QED) is 0.846. The molecule has 0 aliphatic heterocycles. The topological polar surface area (TPSA) is 79.0 Å². The SMILES string of the molecule is CSC1(CNS(=O)(=O)c2sc(=O)[nH]c2C)CC1. The zero-order valence-electron chi connectivity index (χ0n) is 9.57. The number of nitrogens with one attached hydrogen (secondary N) is 2. The molecule has 5 nitrogen and oxygen atoms in total. The summed E-state index contributed by atoms with van der Waals surface area (Å²) in [6, 6.07) is 0. The van der Waals surface area contributed by atoms with Gasteiger partial charge in [0.05, 0.1) is 0 Å². The predicted octanol–water partition coefficient (Wildman–Crippen LogP) is 0.919. The van der Waals surface area contributed by atoms with E-state index in [1.165, 1.54) is 0 Å². The lowest BCUT2D eigenvalue weighted by atomic mass is 10.4. The highest BCUT2D eigenvalue weighted by molar-refractivity contribution is 8.00. The van der Waals surface area contributed by atoms with Gasteiger partial charge in [-0.2, -0.15) is 11.8 Å². The Morgan fingerprint density at radius 3 is 2.59 bits per heavy atom. The molecule has 1 fully saturated rings. The number of hydrogen-bond acceptors (Lipinski definition) is 5. The molecule has 1 heterocycles. The molecule has 0 unspecified atom stereocenters. The molecule has 0 bridgehead atoms. The van der Waals surface area contributed by atoms with Crippen LogP contribution in [0.3, 0.4) is 0 Å². The fraction of sp³-hybridized carbons (Fsp3) is 0.667. The minimum Gasteiger partial charge on any atom is -0.315 e. The lowest BCUT2D eigenvalue weighted by Gasteiger charge is -2.12. The first-order valence-electron chi connectivity index (χ1n) is 5.13. The molecule has 0 amide bonds. The number of H-pyrrole nitrogens is 1. The lowest BCUT2D eigenvalue weighted by Crippen LogP contribution is -2.31. The molecule has 2 N–H and O–H groups in total. The van der Waals surface area contributed by atoms with Crippen molar-refractivity contribution < 1.29 is 8.42 Å². The van der Waals surface area contributed by atoms with Crippen molar-refractivity contribution in [3.05, 3.63) is 15.4 Å². The monoisotopic (exact) mass is 294 g/mol. The van der Waals surface area contributed by atoms with Crippen molar-refractivity contribution in [1.29, 1.82) is 0 Å². The second kappa shape index (κ2) is 4.42. The van der Waals surface area contributed by atoms with Gasteiger partial charge in [0, 0.05) is 17.0 Å². The third-order valence-corrected chi connectivity index (χ3v) is 7.27. The van der Waals surface area contributed by atoms with Crippen molar-refractivity contribution in [2.75, 3.05) is 12.8 Å². The van der Waals surface area contributed by atoms with Gasteiger partial charge in [-0.25, -0.2) is 13.1 Å². The number of aryl methyl sites for hydroxylation is 1. The minimum atomic E-state index is -3.55. The first-order chi connectivity index (χ1) is 7.88. The molecule has 2 rings (SSSR count). The molecule has 1 aromatic heterocycles. The Hall–Kier alpha value is -0.310. The van der Waals surface area contributed by atoms with E-state index in [1.54, 1.807) is 18.7 Å². The molecule has 0 saturated heterocycles. The van der Waals surface area contributed by atoms with Crippen molar-refractivity contribution >= 4 is 33.1 Å². The van der Waals surface area contributed by atoms with Crippen LogP contribution in [0, 0.1) is 6.92 Å². The zero-order chi connectivity index (χ0) is 12.7. The summed E-state index contributed by atoms with van der Waals surface area (Å²) >= 11 is 2.42. The van der Waals surface area contributed by atoms with E-state index in [1.807, 2.05) is 6.26 Å². The highest BCUT2D eigenvalue weighted by Crippen LogP contribution is 2.46. The van der Waals surface area contributed by atoms with E-state index in [0.717, 1.165) is 24.2 Å². The number of rotatable bonds is 5. The van der Waals surface area contributed by atoms with E-state index in [2.05, 4.69) is 9.71 Å². The van der Waals surface area contributed by atoms with E-state index < -0.39 is 10.0 Å². The Morgan fingerprint density at radius 1 is 1.53 bits per heavy atom. The summed E-state index contributed by atoms with van der Waals surface area (Å²) in [5, 5.41) is 0. The summed E-state index contributed by atoms with van der Waals surface area (Å²) in [7, 11) is -3.55. The third kappa shape index (κ3) is 2.75. The number of thiazole rings is 1. The van der Waals surface area contributed by atoms with Crippen LogP contribution in [-0.4, -0.2) is 30.9 Å². The van der Waals surface area contributed by atoms with Crippen molar-refractivity contribution in [3.8, 4) is 0 Å². The Morgan fingerprint density at radius 2 is 2.18 bits per heavy atom. The maximum Gasteiger partial charge on any atom is 0.305 e. The zero-order valence-corrected chi connectivity index (χ0v) is 12.0. The van der Waals surface area contributed by atoms with E-state index in [-0.39, 0.29) is 13.8 Å². The van der Waals surface area contributed by atoms with E-state index in [0.29, 0.717) is 12.2 Å². The van der Waals surface area contributed by atoms with E-state index in [9.17, 15) is 13.2 Å². The maximum atomic E-state index is 12.0. The Balaban J connectivity index is 2.14. The standard InChI is InChI=1S/C9H14N2O3S3/c1-6-7(16-8(12)11-6)17(13,14)10-5-9(15-2)3-4-9/h10H,3-5H2,1-2H3,(H,11,12). The van der Waals surface area contributed by atoms with Crippen LogP contribution in [0.2, 0.25) is 0 Å². The molecule has 0 aromatic carbocycles. The third-order valence-electron chi connectivity index (χ3n) is 2.85. The van der Waals surface area contributed by atoms with Crippen LogP contribution in [0.5, 0.6) is 0 Å². The normalized spacial score (nSPS) is 18.2. The van der Waals surface area contributed by atoms with Crippen LogP contribution in [0.15, 0.2) is 9.00 Å². The average Bonchev–Trinajstić information content (AvgIpc) is 2.96. The predicted molar refractivity (Wildman–Crippen MR) is 70.3 cm³/mol. The Kier molecular flexibility index (Phi) is 3.41. The molecular weight excluding hydrogens is 280 g/mol. The average molecular weight is 294 g/mol. The summed E-state index contributed by atoms with van der Waals surface area (Å²) < 4.78 is 26.7. The first kappa shape index (κ1) is 13.1. The molecule has 17 heavy (non-hydrogen) atoms. The van der Waals surface area contributed by atoms with Crippen molar-refractivity contribution in [3.63, 3.8) is 0 Å². The maximum absolute atomic E-state index is 12.0. The number of aromatic amines is 1. The smallest absolute Gasteiger partial charge is 0.305 e. The van der Waals surface area contributed by atoms with Gasteiger partial charge in [-0.15, -0.1) is 0 Å². The van der Waals surface area contributed by atoms with Crippen LogP contribution in [0.1, 0.15) is 18.5 Å². The summed E-state index contributed by atoms with van der Waals surface area (Å²) in [5.74, 6) is 0. The van der Waals surface area contributed by atoms with Crippen molar-refractivity contribution in [1.82, 2.24) is 9.71 Å². The molecule has 96 valence electrons. The van der Waals surface area contributed by atoms with Gasteiger partial charge in [-0.3, -0.25) is 4.79 Å². The van der Waals surface area contributed by atoms with E-state index >= 15 is 0 Å². The second-order valence-electron chi connectivity index (χ2n) is 4.14. The van der Waals surface area contributed by atoms with Gasteiger partial charge >= 0.3 is 4.87 Å². The van der Waals surface area contributed by atoms with Gasteiger partial charge in [0.25, 0.3) is 10.0 Å². The van der Waals surface area contributed by atoms with Crippen molar-refractivity contribution in [2.45, 2.75) is 28.7 Å². The number of hydrogen-bond donors (Lipinski definition) is 2. The van der Waals surface area contributed by atoms with Gasteiger partial charge in [0.1, 0.15) is 0 Å². The summed E-state index contributed by atoms with van der Waals surface area (Å²) in [5.41, 5.74) is 0.404. The Labute approximate surface area is 108 Å². The van der Waals surface area contributed by atoms with Gasteiger partial charge in [-0.05, 0) is 26.0 Å². The van der Waals surface area contributed by atoms with Crippen LogP contribution in [-0.2, 0) is 10.0 Å². The van der Waals surface area contributed by atoms with Crippen LogP contribution >= 0.6 is 23.1 Å². The number of aromatic nitrogens is 1. The lowest BCUT2D eigenvalue weighted by molar-refractivity contribution is 0.581. The van der Waals surface area contributed by atoms with Crippen LogP contribution in [0.25, 0.3) is 0 Å². The molecular formula is C9H14N2O3S3. The fourth-order valence-corrected chi connectivity index (χ4v) is 4.82. The molecule has 0 spiro atoms. The molecule has 0 atom stereocenters. The number of sulfonamides is 1. The highest BCUT2D eigenvalue weighted by atomic mass is 32.2. The molecule has 0 radical (unpaired) electrons. The second-order valence-corrected chi connectivity index (χ2v) is 8.36. The summed E-state index contributed by atoms with van der Waals surface area (Å²) in [6.07, 6.45) is 4.07. The van der Waals surface area contributed by atoms with Crippen LogP contribution in [0.4, 0.5) is 0 Å². The fourth-order valence-electron chi connectivity index (χ4n) is 1.53. The molecule has 8 heteroatoms. The summed E-state index contributed by atoms with van der Waals surface area (Å²) in [6.45, 7) is 2.02. The minimum absolute atomic E-state index is 0.0717. The molecule has 1 aliphatic carbocycles. The highest BCUT2D eigenvalue weighted by Gasteiger charge is 2.42.